The van der Waals surface area contributed by atoms with Crippen LogP contribution in [0.25, 0.3) is 0 Å². The summed E-state index contributed by atoms with van der Waals surface area (Å²) in [6.45, 7) is 1.06. The van der Waals surface area contributed by atoms with Gasteiger partial charge in [-0.15, -0.1) is 0 Å². The van der Waals surface area contributed by atoms with E-state index in [4.69, 9.17) is 16.7 Å². The number of nitrogens with zero attached hydrogens (tertiary/aromatic N) is 2. The number of hydrogen-bond acceptors (Lipinski definition) is 4. The molecule has 0 atom stereocenters. The molecule has 0 saturated heterocycles. The van der Waals surface area contributed by atoms with E-state index >= 15 is 0 Å². The molecule has 0 aliphatic heterocycles. The van der Waals surface area contributed by atoms with Gasteiger partial charge in [-0.25, -0.2) is 4.98 Å². The van der Waals surface area contributed by atoms with E-state index in [1.807, 2.05) is 0 Å². The Morgan fingerprint density at radius 2 is 2.20 bits per heavy atom. The first-order valence-electron chi connectivity index (χ1n) is 4.77. The van der Waals surface area contributed by atoms with Crippen molar-refractivity contribution in [2.24, 2.45) is 0 Å². The van der Waals surface area contributed by atoms with Crippen molar-refractivity contribution < 1.29 is 5.11 Å². The second kappa shape index (κ2) is 6.98. The summed E-state index contributed by atoms with van der Waals surface area (Å²) in [5.41, 5.74) is 0. The summed E-state index contributed by atoms with van der Waals surface area (Å²) < 4.78 is 0.800. The lowest BCUT2D eigenvalue weighted by Crippen LogP contribution is -2.05. The first-order valence-corrected chi connectivity index (χ1v) is 5.94. The number of rotatable bonds is 6. The molecule has 84 valence electrons. The smallest absolute Gasteiger partial charge is 0.224 e. The molecule has 15 heavy (non-hydrogen) atoms. The van der Waals surface area contributed by atoms with Crippen LogP contribution in [0.1, 0.15) is 19.3 Å². The van der Waals surface area contributed by atoms with Gasteiger partial charge in [0.25, 0.3) is 0 Å². The van der Waals surface area contributed by atoms with Gasteiger partial charge in [0, 0.05) is 19.3 Å². The van der Waals surface area contributed by atoms with E-state index in [9.17, 15) is 0 Å². The van der Waals surface area contributed by atoms with Gasteiger partial charge in [0.15, 0.2) is 0 Å². The molecule has 6 heteroatoms. The SMILES string of the molecule is OCCCCCNc1nc(Cl)ncc1Br. The van der Waals surface area contributed by atoms with Crippen molar-refractivity contribution in [3.63, 3.8) is 0 Å². The van der Waals surface area contributed by atoms with Gasteiger partial charge in [-0.05, 0) is 46.8 Å². The highest BCUT2D eigenvalue weighted by molar-refractivity contribution is 9.10. The second-order valence-corrected chi connectivity index (χ2v) is 4.24. The minimum absolute atomic E-state index is 0.232. The van der Waals surface area contributed by atoms with Crippen molar-refractivity contribution in [2.45, 2.75) is 19.3 Å². The van der Waals surface area contributed by atoms with Crippen LogP contribution in [0.2, 0.25) is 5.28 Å². The maximum atomic E-state index is 8.60. The van der Waals surface area contributed by atoms with E-state index in [1.54, 1.807) is 6.20 Å². The summed E-state index contributed by atoms with van der Waals surface area (Å²) in [5.74, 6) is 0.707. The summed E-state index contributed by atoms with van der Waals surface area (Å²) in [4.78, 5) is 7.87. The Morgan fingerprint density at radius 1 is 1.40 bits per heavy atom. The van der Waals surface area contributed by atoms with Crippen LogP contribution in [-0.2, 0) is 0 Å². The normalized spacial score (nSPS) is 10.3. The molecule has 0 bridgehead atoms. The molecule has 2 N–H and O–H groups in total. The lowest BCUT2D eigenvalue weighted by Gasteiger charge is -2.06. The Bertz CT molecular complexity index is 311. The molecule has 4 nitrogen and oxygen atoms in total. The van der Waals surface area contributed by atoms with Gasteiger partial charge in [0.1, 0.15) is 5.82 Å². The van der Waals surface area contributed by atoms with Crippen molar-refractivity contribution in [1.29, 1.82) is 0 Å². The van der Waals surface area contributed by atoms with Crippen LogP contribution in [0.4, 0.5) is 5.82 Å². The Labute approximate surface area is 102 Å². The predicted octanol–water partition coefficient (Wildman–Crippen LogP) is 2.47. The van der Waals surface area contributed by atoms with Crippen molar-refractivity contribution in [3.8, 4) is 0 Å². The number of nitrogens with one attached hydrogen (secondary N) is 1. The number of aliphatic hydroxyl groups is 1. The van der Waals surface area contributed by atoms with Crippen molar-refractivity contribution in [3.05, 3.63) is 16.0 Å². The summed E-state index contributed by atoms with van der Waals surface area (Å²) in [5, 5.41) is 12.0. The molecule has 0 unspecified atom stereocenters. The number of hydrogen-bond donors (Lipinski definition) is 2. The highest BCUT2D eigenvalue weighted by Gasteiger charge is 2.02. The summed E-state index contributed by atoms with van der Waals surface area (Å²) >= 11 is 8.99. The van der Waals surface area contributed by atoms with Gasteiger partial charge in [0.05, 0.1) is 4.47 Å². The molecule has 0 aliphatic carbocycles. The zero-order valence-electron chi connectivity index (χ0n) is 8.21. The molecule has 1 rings (SSSR count). The highest BCUT2D eigenvalue weighted by atomic mass is 79.9. The van der Waals surface area contributed by atoms with Gasteiger partial charge in [0.2, 0.25) is 5.28 Å². The molecule has 0 fully saturated rings. The van der Waals surface area contributed by atoms with Gasteiger partial charge in [-0.2, -0.15) is 4.98 Å². The molecule has 0 aromatic carbocycles. The molecule has 0 aliphatic rings. The third-order valence-corrected chi connectivity index (χ3v) is 2.60. The minimum Gasteiger partial charge on any atom is -0.396 e. The van der Waals surface area contributed by atoms with Crippen LogP contribution in [0, 0.1) is 0 Å². The minimum atomic E-state index is 0.232. The first kappa shape index (κ1) is 12.7. The molecule has 0 saturated carbocycles. The van der Waals surface area contributed by atoms with Crippen molar-refractivity contribution in [1.82, 2.24) is 9.97 Å². The van der Waals surface area contributed by atoms with Crippen LogP contribution in [0.3, 0.4) is 0 Å². The third kappa shape index (κ3) is 4.77. The van der Waals surface area contributed by atoms with E-state index in [-0.39, 0.29) is 11.9 Å². The molecule has 1 aromatic heterocycles. The first-order chi connectivity index (χ1) is 7.24. The van der Waals surface area contributed by atoms with E-state index in [1.165, 1.54) is 0 Å². The second-order valence-electron chi connectivity index (χ2n) is 3.05. The molecular formula is C9H13BrClN3O. The Hall–Kier alpha value is -0.390. The highest BCUT2D eigenvalue weighted by Crippen LogP contribution is 2.19. The van der Waals surface area contributed by atoms with Gasteiger partial charge in [-0.1, -0.05) is 0 Å². The largest absolute Gasteiger partial charge is 0.396 e. The summed E-state index contributed by atoms with van der Waals surface area (Å²) in [6, 6.07) is 0. The number of halogens is 2. The Morgan fingerprint density at radius 3 is 2.93 bits per heavy atom. The fourth-order valence-electron chi connectivity index (χ4n) is 1.09. The Kier molecular flexibility index (Phi) is 5.90. The Balaban J connectivity index is 2.33. The van der Waals surface area contributed by atoms with E-state index in [0.29, 0.717) is 5.82 Å². The monoisotopic (exact) mass is 293 g/mol. The van der Waals surface area contributed by atoms with Crippen molar-refractivity contribution >= 4 is 33.3 Å². The van der Waals surface area contributed by atoms with E-state index in [0.717, 1.165) is 30.3 Å². The van der Waals surface area contributed by atoms with Crippen molar-refractivity contribution in [2.75, 3.05) is 18.5 Å². The average molecular weight is 295 g/mol. The molecule has 0 radical (unpaired) electrons. The third-order valence-electron chi connectivity index (χ3n) is 1.84. The van der Waals surface area contributed by atoms with Gasteiger partial charge in [-0.3, -0.25) is 0 Å². The fourth-order valence-corrected chi connectivity index (χ4v) is 1.55. The molecular weight excluding hydrogens is 281 g/mol. The number of aromatic nitrogens is 2. The predicted molar refractivity (Wildman–Crippen MR) is 64.2 cm³/mol. The number of aliphatic hydroxyl groups excluding tert-OH is 1. The van der Waals surface area contributed by atoms with Crippen LogP contribution >= 0.6 is 27.5 Å². The number of anilines is 1. The van der Waals surface area contributed by atoms with Gasteiger partial charge >= 0.3 is 0 Å². The molecule has 0 spiro atoms. The standard InChI is InChI=1S/C9H13BrClN3O/c10-7-6-13-9(11)14-8(7)12-4-2-1-3-5-15/h6,15H,1-5H2,(H,12,13,14). The quantitative estimate of drug-likeness (QED) is 0.625. The molecule has 0 amide bonds. The maximum absolute atomic E-state index is 8.60. The lowest BCUT2D eigenvalue weighted by molar-refractivity contribution is 0.283. The average Bonchev–Trinajstić information content (AvgIpc) is 2.23. The van der Waals surface area contributed by atoms with E-state index < -0.39 is 0 Å². The lowest BCUT2D eigenvalue weighted by atomic mass is 10.2. The van der Waals surface area contributed by atoms with Crippen LogP contribution in [0.5, 0.6) is 0 Å². The fraction of sp³-hybridized carbons (Fsp3) is 0.556. The topological polar surface area (TPSA) is 58.0 Å². The van der Waals surface area contributed by atoms with Crippen LogP contribution < -0.4 is 5.32 Å². The summed E-state index contributed by atoms with van der Waals surface area (Å²) in [7, 11) is 0. The molecule has 1 heterocycles. The summed E-state index contributed by atoms with van der Waals surface area (Å²) in [6.07, 6.45) is 4.45. The maximum Gasteiger partial charge on any atom is 0.224 e. The van der Waals surface area contributed by atoms with E-state index in [2.05, 4.69) is 31.2 Å². The zero-order valence-corrected chi connectivity index (χ0v) is 10.6. The molecule has 1 aromatic rings. The van der Waals surface area contributed by atoms with Crippen LogP contribution in [-0.4, -0.2) is 28.2 Å². The van der Waals surface area contributed by atoms with Gasteiger partial charge < -0.3 is 10.4 Å². The van der Waals surface area contributed by atoms with Crippen LogP contribution in [0.15, 0.2) is 10.7 Å². The number of unbranched alkanes of at least 4 members (excludes halogenated alkanes) is 2. The zero-order chi connectivity index (χ0) is 11.1.